The third-order valence-electron chi connectivity index (χ3n) is 8.09. The van der Waals surface area contributed by atoms with E-state index in [-0.39, 0.29) is 18.3 Å². The average Bonchev–Trinajstić information content (AvgIpc) is 3.00. The topological polar surface area (TPSA) is 86.6 Å². The van der Waals surface area contributed by atoms with E-state index in [4.69, 9.17) is 0 Å². The quantitative estimate of drug-likeness (QED) is 0.0309. The molecular formula is C38H69NO4. The smallest absolute Gasteiger partial charge is 0.220 e. The molecule has 1 amide bonds. The van der Waals surface area contributed by atoms with Crippen molar-refractivity contribution < 1.29 is 19.8 Å². The maximum Gasteiger partial charge on any atom is 0.220 e. The average molecular weight is 604 g/mol. The van der Waals surface area contributed by atoms with Crippen LogP contribution in [-0.2, 0) is 9.59 Å². The maximum absolute atomic E-state index is 12.3. The molecular weight excluding hydrogens is 534 g/mol. The number of hydrogen-bond donors (Lipinski definition) is 3. The number of unbranched alkanes of at least 4 members (excludes halogenated alkanes) is 20. The predicted molar refractivity (Wildman–Crippen MR) is 184 cm³/mol. The standard InChI is InChI=1S/C38H69NO4/c1-3-5-7-8-9-10-11-12-13-14-15-18-21-24-28-32-37(42)36(34-40)39-38(43)33-29-25-22-19-16-17-20-23-27-31-35(41)30-26-6-4-2/h20,23,27-28,31-32,36-37,40,42H,3-19,21-22,24-26,29-30,33-34H2,1-2H3,(H,39,43)/b23-20-,31-27+,32-28+/t36-,37+/m0/s1. The van der Waals surface area contributed by atoms with Crippen LogP contribution in [0.25, 0.3) is 0 Å². The number of rotatable bonds is 32. The second kappa shape index (κ2) is 33.2. The first-order chi connectivity index (χ1) is 21.0. The molecule has 0 radical (unpaired) electrons. The first kappa shape index (κ1) is 41.3. The summed E-state index contributed by atoms with van der Waals surface area (Å²) in [6.07, 6.45) is 39.1. The summed E-state index contributed by atoms with van der Waals surface area (Å²) in [4.78, 5) is 24.0. The molecule has 0 heterocycles. The lowest BCUT2D eigenvalue weighted by Crippen LogP contribution is -2.45. The first-order valence-corrected chi connectivity index (χ1v) is 18.2. The molecule has 0 saturated carbocycles. The molecule has 0 aromatic rings. The Labute approximate surface area is 266 Å². The third-order valence-corrected chi connectivity index (χ3v) is 8.09. The Bertz CT molecular complexity index is 715. The maximum atomic E-state index is 12.3. The number of nitrogens with one attached hydrogen (secondary N) is 1. The van der Waals surface area contributed by atoms with E-state index in [1.54, 1.807) is 12.2 Å². The van der Waals surface area contributed by atoms with Gasteiger partial charge in [-0.1, -0.05) is 153 Å². The van der Waals surface area contributed by atoms with Crippen LogP contribution in [0.5, 0.6) is 0 Å². The Morgan fingerprint density at radius 3 is 1.63 bits per heavy atom. The van der Waals surface area contributed by atoms with Gasteiger partial charge in [0.05, 0.1) is 18.8 Å². The van der Waals surface area contributed by atoms with Crippen LogP contribution in [0.4, 0.5) is 0 Å². The molecule has 5 heteroatoms. The summed E-state index contributed by atoms with van der Waals surface area (Å²) in [6, 6.07) is -0.650. The highest BCUT2D eigenvalue weighted by Gasteiger charge is 2.17. The number of allylic oxidation sites excluding steroid dienone is 5. The third kappa shape index (κ3) is 30.1. The Morgan fingerprint density at radius 1 is 0.605 bits per heavy atom. The number of aliphatic hydroxyl groups is 2. The summed E-state index contributed by atoms with van der Waals surface area (Å²) in [7, 11) is 0. The number of hydrogen-bond acceptors (Lipinski definition) is 4. The largest absolute Gasteiger partial charge is 0.394 e. The van der Waals surface area contributed by atoms with Crippen molar-refractivity contribution in [1.29, 1.82) is 0 Å². The normalized spacial score (nSPS) is 13.4. The van der Waals surface area contributed by atoms with Gasteiger partial charge in [0.1, 0.15) is 0 Å². The Morgan fingerprint density at radius 2 is 1.07 bits per heavy atom. The van der Waals surface area contributed by atoms with Gasteiger partial charge < -0.3 is 15.5 Å². The SMILES string of the molecule is CCCCCCCCCCCCCCC/C=C/[C@@H](O)[C@H](CO)NC(=O)CCCCCCC/C=C\C=C\C(=O)CCCCC. The minimum Gasteiger partial charge on any atom is -0.394 e. The highest BCUT2D eigenvalue weighted by atomic mass is 16.3. The molecule has 0 aromatic carbocycles. The lowest BCUT2D eigenvalue weighted by Gasteiger charge is -2.20. The highest BCUT2D eigenvalue weighted by Crippen LogP contribution is 2.13. The van der Waals surface area contributed by atoms with E-state index in [1.165, 1.54) is 77.0 Å². The zero-order chi connectivity index (χ0) is 31.6. The molecule has 0 rings (SSSR count). The van der Waals surface area contributed by atoms with Gasteiger partial charge in [0.15, 0.2) is 5.78 Å². The molecule has 0 bridgehead atoms. The van der Waals surface area contributed by atoms with Gasteiger partial charge >= 0.3 is 0 Å². The van der Waals surface area contributed by atoms with Crippen molar-refractivity contribution in [2.45, 2.75) is 187 Å². The van der Waals surface area contributed by atoms with Gasteiger partial charge in [-0.2, -0.15) is 0 Å². The number of amides is 1. The minimum atomic E-state index is -0.863. The minimum absolute atomic E-state index is 0.109. The number of carbonyl (C=O) groups is 2. The fraction of sp³-hybridized carbons (Fsp3) is 0.789. The molecule has 0 unspecified atom stereocenters. The summed E-state index contributed by atoms with van der Waals surface area (Å²) in [6.45, 7) is 4.14. The molecule has 3 N–H and O–H groups in total. The molecule has 250 valence electrons. The number of ketones is 1. The van der Waals surface area contributed by atoms with Gasteiger partial charge in [-0.25, -0.2) is 0 Å². The van der Waals surface area contributed by atoms with Crippen molar-refractivity contribution in [3.05, 3.63) is 36.5 Å². The Kier molecular flexibility index (Phi) is 31.9. The van der Waals surface area contributed by atoms with Crippen molar-refractivity contribution in [1.82, 2.24) is 5.32 Å². The van der Waals surface area contributed by atoms with Crippen LogP contribution in [-0.4, -0.2) is 40.7 Å². The zero-order valence-electron chi connectivity index (χ0n) is 28.2. The van der Waals surface area contributed by atoms with Crippen molar-refractivity contribution in [3.63, 3.8) is 0 Å². The van der Waals surface area contributed by atoms with E-state index < -0.39 is 12.1 Å². The summed E-state index contributed by atoms with van der Waals surface area (Å²) in [5.41, 5.74) is 0. The predicted octanol–water partition coefficient (Wildman–Crippen LogP) is 9.85. The van der Waals surface area contributed by atoms with Crippen LogP contribution in [0.15, 0.2) is 36.5 Å². The molecule has 0 fully saturated rings. The summed E-state index contributed by atoms with van der Waals surface area (Å²) in [5, 5.41) is 22.8. The van der Waals surface area contributed by atoms with Gasteiger partial charge in [0.25, 0.3) is 0 Å². The van der Waals surface area contributed by atoms with E-state index in [0.717, 1.165) is 70.6 Å². The van der Waals surface area contributed by atoms with Gasteiger partial charge in [0, 0.05) is 12.8 Å². The van der Waals surface area contributed by atoms with E-state index >= 15 is 0 Å². The van der Waals surface area contributed by atoms with E-state index in [1.807, 2.05) is 18.2 Å². The summed E-state index contributed by atoms with van der Waals surface area (Å²) < 4.78 is 0. The lowest BCUT2D eigenvalue weighted by molar-refractivity contribution is -0.123. The van der Waals surface area contributed by atoms with Gasteiger partial charge in [0.2, 0.25) is 5.91 Å². The van der Waals surface area contributed by atoms with E-state index in [0.29, 0.717) is 12.8 Å². The number of aliphatic hydroxyl groups excluding tert-OH is 2. The Balaban J connectivity index is 3.73. The van der Waals surface area contributed by atoms with Crippen LogP contribution >= 0.6 is 0 Å². The number of carbonyl (C=O) groups excluding carboxylic acids is 2. The molecule has 2 atom stereocenters. The van der Waals surface area contributed by atoms with E-state index in [9.17, 15) is 19.8 Å². The van der Waals surface area contributed by atoms with Gasteiger partial charge in [-0.05, 0) is 44.6 Å². The van der Waals surface area contributed by atoms with Crippen molar-refractivity contribution >= 4 is 11.7 Å². The van der Waals surface area contributed by atoms with Crippen LogP contribution in [0.1, 0.15) is 174 Å². The second-order valence-corrected chi connectivity index (χ2v) is 12.3. The molecule has 0 aliphatic heterocycles. The monoisotopic (exact) mass is 604 g/mol. The van der Waals surface area contributed by atoms with Crippen LogP contribution < -0.4 is 5.32 Å². The van der Waals surface area contributed by atoms with E-state index in [2.05, 4.69) is 25.2 Å². The fourth-order valence-corrected chi connectivity index (χ4v) is 5.22. The molecule has 0 spiro atoms. The first-order valence-electron chi connectivity index (χ1n) is 18.2. The van der Waals surface area contributed by atoms with Crippen molar-refractivity contribution in [2.75, 3.05) is 6.61 Å². The second-order valence-electron chi connectivity index (χ2n) is 12.3. The molecule has 0 aromatic heterocycles. The Hall–Kier alpha value is -1.72. The molecule has 5 nitrogen and oxygen atoms in total. The molecule has 0 aliphatic carbocycles. The van der Waals surface area contributed by atoms with Crippen molar-refractivity contribution in [3.8, 4) is 0 Å². The summed E-state index contributed by atoms with van der Waals surface area (Å²) in [5.74, 6) is 0.0978. The van der Waals surface area contributed by atoms with Crippen LogP contribution in [0.3, 0.4) is 0 Å². The lowest BCUT2D eigenvalue weighted by atomic mass is 10.0. The zero-order valence-corrected chi connectivity index (χ0v) is 28.2. The van der Waals surface area contributed by atoms with Gasteiger partial charge in [-0.15, -0.1) is 0 Å². The highest BCUT2D eigenvalue weighted by molar-refractivity contribution is 5.89. The van der Waals surface area contributed by atoms with Gasteiger partial charge in [-0.3, -0.25) is 9.59 Å². The van der Waals surface area contributed by atoms with Crippen LogP contribution in [0.2, 0.25) is 0 Å². The molecule has 43 heavy (non-hydrogen) atoms. The molecule has 0 saturated heterocycles. The van der Waals surface area contributed by atoms with Crippen molar-refractivity contribution in [2.24, 2.45) is 0 Å². The molecule has 0 aliphatic rings. The van der Waals surface area contributed by atoms with Crippen LogP contribution in [0, 0.1) is 0 Å². The fourth-order valence-electron chi connectivity index (χ4n) is 5.22. The summed E-state index contributed by atoms with van der Waals surface area (Å²) >= 11 is 0.